The average molecular weight is 322 g/mol. The van der Waals surface area contributed by atoms with Gasteiger partial charge < -0.3 is 0 Å². The number of hydrogen-bond donors (Lipinski definition) is 0. The van der Waals surface area contributed by atoms with Gasteiger partial charge in [-0.25, -0.2) is 0 Å². The lowest BCUT2D eigenvalue weighted by Gasteiger charge is -2.19. The van der Waals surface area contributed by atoms with Crippen LogP contribution in [-0.2, 0) is 0 Å². The second-order valence-corrected chi connectivity index (χ2v) is 4.15. The maximum Gasteiger partial charge on any atom is 0.416 e. The van der Waals surface area contributed by atoms with Crippen molar-refractivity contribution in [3.63, 3.8) is 0 Å². The molecule has 0 nitrogen and oxygen atoms in total. The zero-order valence-corrected chi connectivity index (χ0v) is 12.1. The summed E-state index contributed by atoms with van der Waals surface area (Å²) >= 11 is 0. The zero-order chi connectivity index (χ0) is 17.6. The van der Waals surface area contributed by atoms with E-state index >= 15 is 0 Å². The van der Waals surface area contributed by atoms with Crippen molar-refractivity contribution >= 4 is 0 Å². The van der Waals surface area contributed by atoms with E-state index in [2.05, 4.69) is 13.2 Å². The standard InChI is InChI=1S/C16H16F6/c1-5-8-10-13(11(4)15(17,18)19)12(7-3)14(9-6-2)16(20,21)22/h5-10H,1-2H2,3-4H3/b10-8-,12-7-,13-11-,14-9+. The van der Waals surface area contributed by atoms with E-state index in [1.54, 1.807) is 0 Å². The molecule has 0 spiro atoms. The first-order valence-corrected chi connectivity index (χ1v) is 6.14. The third-order valence-electron chi connectivity index (χ3n) is 2.69. The Balaban J connectivity index is 6.46. The fourth-order valence-electron chi connectivity index (χ4n) is 1.64. The van der Waals surface area contributed by atoms with Crippen LogP contribution in [0.3, 0.4) is 0 Å². The first-order chi connectivity index (χ1) is 10.0. The van der Waals surface area contributed by atoms with Crippen LogP contribution in [-0.4, -0.2) is 12.4 Å². The van der Waals surface area contributed by atoms with E-state index in [1.165, 1.54) is 13.0 Å². The zero-order valence-electron chi connectivity index (χ0n) is 12.1. The summed E-state index contributed by atoms with van der Waals surface area (Å²) < 4.78 is 78.0. The monoisotopic (exact) mass is 322 g/mol. The molecule has 6 heteroatoms. The number of alkyl halides is 6. The second-order valence-electron chi connectivity index (χ2n) is 4.15. The number of rotatable bonds is 5. The summed E-state index contributed by atoms with van der Waals surface area (Å²) in [6, 6.07) is 0. The molecule has 0 aliphatic rings. The highest BCUT2D eigenvalue weighted by Gasteiger charge is 2.39. The number of allylic oxidation sites excluding steroid dienone is 10. The quantitative estimate of drug-likeness (QED) is 0.416. The van der Waals surface area contributed by atoms with Crippen molar-refractivity contribution in [1.82, 2.24) is 0 Å². The van der Waals surface area contributed by atoms with Crippen molar-refractivity contribution in [3.05, 3.63) is 71.9 Å². The fourth-order valence-corrected chi connectivity index (χ4v) is 1.64. The van der Waals surface area contributed by atoms with Crippen LogP contribution in [0.25, 0.3) is 0 Å². The van der Waals surface area contributed by atoms with Gasteiger partial charge >= 0.3 is 12.4 Å². The minimum Gasteiger partial charge on any atom is -0.166 e. The molecule has 0 rings (SSSR count). The summed E-state index contributed by atoms with van der Waals surface area (Å²) in [4.78, 5) is 0. The van der Waals surface area contributed by atoms with Gasteiger partial charge in [0.2, 0.25) is 0 Å². The first-order valence-electron chi connectivity index (χ1n) is 6.14. The molecule has 122 valence electrons. The lowest BCUT2D eigenvalue weighted by molar-refractivity contribution is -0.0938. The maximum atomic E-state index is 13.1. The van der Waals surface area contributed by atoms with Crippen molar-refractivity contribution in [2.24, 2.45) is 0 Å². The molecule has 0 aromatic carbocycles. The lowest BCUT2D eigenvalue weighted by atomic mass is 9.92. The Morgan fingerprint density at radius 3 is 1.77 bits per heavy atom. The van der Waals surface area contributed by atoms with Crippen LogP contribution in [0.4, 0.5) is 26.3 Å². The Labute approximate surface area is 125 Å². The van der Waals surface area contributed by atoms with Crippen molar-refractivity contribution in [2.75, 3.05) is 0 Å². The van der Waals surface area contributed by atoms with Crippen molar-refractivity contribution < 1.29 is 26.3 Å². The maximum absolute atomic E-state index is 13.1. The van der Waals surface area contributed by atoms with Gasteiger partial charge in [0.15, 0.2) is 0 Å². The summed E-state index contributed by atoms with van der Waals surface area (Å²) in [5, 5.41) is 0. The van der Waals surface area contributed by atoms with Crippen LogP contribution in [0.2, 0.25) is 0 Å². The molecule has 0 atom stereocenters. The van der Waals surface area contributed by atoms with Crippen molar-refractivity contribution in [1.29, 1.82) is 0 Å². The van der Waals surface area contributed by atoms with E-state index in [9.17, 15) is 26.3 Å². The molecular weight excluding hydrogens is 306 g/mol. The van der Waals surface area contributed by atoms with E-state index in [1.807, 2.05) is 0 Å². The number of halogens is 6. The molecule has 0 fully saturated rings. The van der Waals surface area contributed by atoms with Crippen molar-refractivity contribution in [2.45, 2.75) is 26.2 Å². The molecule has 0 aliphatic heterocycles. The molecule has 0 heterocycles. The van der Waals surface area contributed by atoms with Gasteiger partial charge in [0.25, 0.3) is 0 Å². The summed E-state index contributed by atoms with van der Waals surface area (Å²) in [5.74, 6) is 0. The Kier molecular flexibility index (Phi) is 7.16. The predicted octanol–water partition coefficient (Wildman–Crippen LogP) is 6.23. The van der Waals surface area contributed by atoms with Gasteiger partial charge in [-0.15, -0.1) is 0 Å². The predicted molar refractivity (Wildman–Crippen MR) is 76.2 cm³/mol. The van der Waals surface area contributed by atoms with Gasteiger partial charge in [-0.2, -0.15) is 26.3 Å². The Bertz CT molecular complexity index is 536. The topological polar surface area (TPSA) is 0 Å². The summed E-state index contributed by atoms with van der Waals surface area (Å²) in [6.45, 7) is 8.45. The van der Waals surface area contributed by atoms with Crippen LogP contribution in [0.15, 0.2) is 71.9 Å². The first kappa shape index (κ1) is 20.0. The van der Waals surface area contributed by atoms with Crippen LogP contribution in [0.5, 0.6) is 0 Å². The summed E-state index contributed by atoms with van der Waals surface area (Å²) in [6.07, 6.45) is -3.77. The molecule has 0 radical (unpaired) electrons. The Hall–Kier alpha value is -1.98. The molecule has 0 aromatic rings. The van der Waals surface area contributed by atoms with E-state index in [0.717, 1.165) is 31.2 Å². The van der Waals surface area contributed by atoms with Crippen LogP contribution < -0.4 is 0 Å². The Morgan fingerprint density at radius 2 is 1.45 bits per heavy atom. The summed E-state index contributed by atoms with van der Waals surface area (Å²) in [7, 11) is 0. The SMILES string of the molecule is C=C\C=C/C(C(=C/C)/C(=C\C=C)C(F)(F)F)=C(\C)C(F)(F)F. The highest BCUT2D eigenvalue weighted by atomic mass is 19.4. The lowest BCUT2D eigenvalue weighted by Crippen LogP contribution is -2.18. The van der Waals surface area contributed by atoms with E-state index < -0.39 is 34.6 Å². The van der Waals surface area contributed by atoms with Gasteiger partial charge in [0, 0.05) is 5.57 Å². The molecule has 0 aromatic heterocycles. The van der Waals surface area contributed by atoms with E-state index in [0.29, 0.717) is 6.08 Å². The molecule has 22 heavy (non-hydrogen) atoms. The summed E-state index contributed by atoms with van der Waals surface area (Å²) in [5.41, 5.74) is -3.46. The molecule has 0 aliphatic carbocycles. The van der Waals surface area contributed by atoms with Gasteiger partial charge in [0.1, 0.15) is 0 Å². The average Bonchev–Trinajstić information content (AvgIpc) is 2.38. The van der Waals surface area contributed by atoms with Gasteiger partial charge in [-0.05, 0) is 31.1 Å². The minimum atomic E-state index is -4.81. The molecule has 0 saturated carbocycles. The Morgan fingerprint density at radius 1 is 0.909 bits per heavy atom. The second kappa shape index (κ2) is 7.87. The van der Waals surface area contributed by atoms with Crippen LogP contribution in [0.1, 0.15) is 13.8 Å². The van der Waals surface area contributed by atoms with Gasteiger partial charge in [0.05, 0.1) is 5.57 Å². The fraction of sp³-hybridized carbons (Fsp3) is 0.250. The van der Waals surface area contributed by atoms with Crippen LogP contribution in [0, 0.1) is 0 Å². The van der Waals surface area contributed by atoms with Gasteiger partial charge in [-0.3, -0.25) is 0 Å². The molecule has 0 bridgehead atoms. The van der Waals surface area contributed by atoms with E-state index in [-0.39, 0.29) is 0 Å². The minimum absolute atomic E-state index is 0.569. The third kappa shape index (κ3) is 5.42. The highest BCUT2D eigenvalue weighted by molar-refractivity contribution is 5.56. The third-order valence-corrected chi connectivity index (χ3v) is 2.69. The molecule has 0 N–H and O–H groups in total. The van der Waals surface area contributed by atoms with E-state index in [4.69, 9.17) is 0 Å². The highest BCUT2D eigenvalue weighted by Crippen LogP contribution is 2.39. The molecule has 0 saturated heterocycles. The molecule has 0 amide bonds. The largest absolute Gasteiger partial charge is 0.416 e. The van der Waals surface area contributed by atoms with Gasteiger partial charge in [-0.1, -0.05) is 43.5 Å². The molecular formula is C16H16F6. The normalized spacial score (nSPS) is 15.8. The van der Waals surface area contributed by atoms with Crippen molar-refractivity contribution in [3.8, 4) is 0 Å². The number of hydrogen-bond acceptors (Lipinski definition) is 0. The van der Waals surface area contributed by atoms with Crippen LogP contribution >= 0.6 is 0 Å². The molecule has 0 unspecified atom stereocenters. The smallest absolute Gasteiger partial charge is 0.166 e.